The summed E-state index contributed by atoms with van der Waals surface area (Å²) in [6, 6.07) is 0. The summed E-state index contributed by atoms with van der Waals surface area (Å²) in [7, 11) is 0. The molecule has 0 amide bonds. The maximum Gasteiger partial charge on any atom is 0.336 e. The number of carbonyl (C=O) groups excluding carboxylic acids is 2. The van der Waals surface area contributed by atoms with Crippen molar-refractivity contribution in [2.75, 3.05) is 46.2 Å². The molecule has 7 saturated heterocycles. The van der Waals surface area contributed by atoms with E-state index in [1.165, 1.54) is 26.0 Å². The first-order valence-electron chi connectivity index (χ1n) is 41.5. The van der Waals surface area contributed by atoms with Gasteiger partial charge in [-0.1, -0.05) is 72.3 Å². The predicted octanol–water partition coefficient (Wildman–Crippen LogP) is -7.13. The van der Waals surface area contributed by atoms with Gasteiger partial charge >= 0.3 is 11.9 Å². The van der Waals surface area contributed by atoms with Crippen LogP contribution < -0.4 is 0 Å². The average Bonchev–Trinajstić information content (AvgIpc) is 0.718. The Morgan fingerprint density at radius 2 is 1.01 bits per heavy atom. The highest BCUT2D eigenvalue weighted by molar-refractivity contribution is 5.89. The van der Waals surface area contributed by atoms with E-state index in [1.807, 2.05) is 34.6 Å². The molecule has 2 unspecified atom stereocenters. The Hall–Kier alpha value is -3.28. The molecule has 0 spiro atoms. The van der Waals surface area contributed by atoms with Gasteiger partial charge in [-0.25, -0.2) is 4.79 Å². The van der Waals surface area contributed by atoms with Crippen LogP contribution in [0.3, 0.4) is 0 Å². The van der Waals surface area contributed by atoms with Gasteiger partial charge in [0.2, 0.25) is 6.29 Å². The van der Waals surface area contributed by atoms with Gasteiger partial charge in [-0.3, -0.25) is 4.79 Å². The number of ether oxygens (including phenoxy) is 15. The first kappa shape index (κ1) is 95.8. The highest BCUT2D eigenvalue weighted by Gasteiger charge is 2.74. The molecule has 40 nitrogen and oxygen atoms in total. The van der Waals surface area contributed by atoms with E-state index < -0.39 is 330 Å². The molecule has 11 fully saturated rings. The zero-order valence-electron chi connectivity index (χ0n) is 68.7. The van der Waals surface area contributed by atoms with Gasteiger partial charge in [0.1, 0.15) is 158 Å². The summed E-state index contributed by atoms with van der Waals surface area (Å²) in [5.41, 5.74) is -7.20. The average molecular weight is 1730 g/mol. The topological polar surface area (TPSA) is 638 Å². The lowest BCUT2D eigenvalue weighted by atomic mass is 9.33. The second kappa shape index (κ2) is 37.1. The van der Waals surface area contributed by atoms with E-state index in [2.05, 4.69) is 26.5 Å². The lowest BCUT2D eigenvalue weighted by Gasteiger charge is -2.72. The Morgan fingerprint density at radius 1 is 0.517 bits per heavy atom. The van der Waals surface area contributed by atoms with Crippen LogP contribution in [-0.4, -0.2) is 402 Å². The van der Waals surface area contributed by atoms with E-state index in [-0.39, 0.29) is 43.1 Å². The lowest BCUT2D eigenvalue weighted by molar-refractivity contribution is -0.390. The minimum Gasteiger partial charge on any atom is -0.458 e. The van der Waals surface area contributed by atoms with E-state index in [4.69, 9.17) is 71.1 Å². The van der Waals surface area contributed by atoms with Crippen molar-refractivity contribution < 1.29 is 198 Å². The number of hydrogen-bond acceptors (Lipinski definition) is 40. The summed E-state index contributed by atoms with van der Waals surface area (Å²) in [5.74, 6) is -3.63. The molecule has 12 aliphatic rings. The number of aliphatic hydroxyl groups is 23. The number of allylic oxidation sites excluding steroid dienone is 3. The van der Waals surface area contributed by atoms with E-state index in [0.29, 0.717) is 32.1 Å². The molecule has 0 radical (unpaired) electrons. The van der Waals surface area contributed by atoms with Gasteiger partial charge in [-0.05, 0) is 111 Å². The van der Waals surface area contributed by atoms with Crippen LogP contribution in [0.4, 0.5) is 0 Å². The van der Waals surface area contributed by atoms with Crippen LogP contribution in [0.5, 0.6) is 0 Å². The van der Waals surface area contributed by atoms with Crippen LogP contribution in [0.25, 0.3) is 0 Å². The normalized spacial score (nSPS) is 50.7. The summed E-state index contributed by atoms with van der Waals surface area (Å²) >= 11 is 0. The molecule has 7 heterocycles. The second-order valence-corrected chi connectivity index (χ2v) is 37.3. The summed E-state index contributed by atoms with van der Waals surface area (Å²) < 4.78 is 91.6. The summed E-state index contributed by atoms with van der Waals surface area (Å²) in [6.45, 7) is 15.2. The van der Waals surface area contributed by atoms with Crippen molar-refractivity contribution in [1.82, 2.24) is 0 Å². The zero-order chi connectivity index (χ0) is 88.1. The molecule has 0 bridgehead atoms. The van der Waals surface area contributed by atoms with E-state index >= 15 is 4.79 Å². The standard InChI is InChI=1S/C80H128O40/c1-11-76(7,105)18-12-13-32(24-81)65(103)114-45-23-80(73(104)120-72-64(54(96)49(91)38(27-84)112-72)119-70-60(102)62(117-68-58(100)52(94)47(89)36(25-82)109-68)61(31(2)108-70)116-67-57(99)50(92)39(28-85)111-67)34(21-74(45,3)4)33-14-15-42-77(8)19-17-44(75(5,6)41(77)16-20-78(42,9)79(33,10)22-43(80)87)115-71-63(118-69-59(101)53(95)48(90)37(26-83)110-69)55(97)51(93)40(113-71)30-107-66-56(98)46(88)35(86)29-106-66/h11,13-14,31,34-64,66-72,81-102,105H,1,12,15-30H2,2-10H3/b32-13+/t31-,34-,35-,36+,37+,38+,39-,40+,41-,42+,43+,44-,45?,46-,47+,48+,49+,50-,51+,52-,53-,54-,55-,56+,57+,58+,59+,60+,61-,62-,63+,64+,66-,67-,68-,69-,70-,71-,72-,76?,77-,78+,79+,80+/m0/s1. The van der Waals surface area contributed by atoms with Gasteiger partial charge in [0.25, 0.3) is 0 Å². The van der Waals surface area contributed by atoms with Crippen molar-refractivity contribution >= 4 is 11.9 Å². The largest absolute Gasteiger partial charge is 0.458 e. The van der Waals surface area contributed by atoms with Crippen molar-refractivity contribution in [3.05, 3.63) is 36.0 Å². The summed E-state index contributed by atoms with van der Waals surface area (Å²) in [4.78, 5) is 31.1. The maximum atomic E-state index is 16.6. The fraction of sp³-hybridized carbons (Fsp3) is 0.900. The maximum absolute atomic E-state index is 16.6. The molecule has 5 aliphatic carbocycles. The number of fused-ring (bicyclic) bond motifs is 7. The van der Waals surface area contributed by atoms with Gasteiger partial charge in [-0.15, -0.1) is 6.58 Å². The second-order valence-electron chi connectivity index (χ2n) is 37.3. The monoisotopic (exact) mass is 1730 g/mol. The molecule has 23 N–H and O–H groups in total. The first-order chi connectivity index (χ1) is 56.3. The Morgan fingerprint density at radius 3 is 1.57 bits per heavy atom. The van der Waals surface area contributed by atoms with E-state index in [9.17, 15) is 122 Å². The van der Waals surface area contributed by atoms with Crippen LogP contribution in [-0.2, 0) is 80.6 Å². The Kier molecular flexibility index (Phi) is 29.6. The Balaban J connectivity index is 0.860. The molecule has 7 aliphatic heterocycles. The predicted molar refractivity (Wildman–Crippen MR) is 399 cm³/mol. The van der Waals surface area contributed by atoms with Crippen LogP contribution in [0.2, 0.25) is 0 Å². The molecular weight excluding hydrogens is 1600 g/mol. The number of esters is 2. The Labute approximate surface area is 693 Å². The van der Waals surface area contributed by atoms with Crippen LogP contribution >= 0.6 is 0 Å². The molecule has 688 valence electrons. The molecule has 0 aromatic heterocycles. The third-order valence-electron chi connectivity index (χ3n) is 29.3. The highest BCUT2D eigenvalue weighted by Crippen LogP contribution is 2.76. The molecule has 4 saturated carbocycles. The van der Waals surface area contributed by atoms with Crippen LogP contribution in [0.15, 0.2) is 36.0 Å². The van der Waals surface area contributed by atoms with Crippen molar-refractivity contribution in [2.45, 2.75) is 353 Å². The fourth-order valence-corrected chi connectivity index (χ4v) is 21.6. The molecule has 44 atom stereocenters. The lowest BCUT2D eigenvalue weighted by Crippen LogP contribution is -2.70. The number of carbonyl (C=O) groups is 2. The molecule has 12 rings (SSSR count). The number of aliphatic hydroxyl groups excluding tert-OH is 22. The van der Waals surface area contributed by atoms with Crippen molar-refractivity contribution in [2.24, 2.45) is 50.2 Å². The summed E-state index contributed by atoms with van der Waals surface area (Å²) in [6.07, 6.45) is -57.6. The van der Waals surface area contributed by atoms with Crippen molar-refractivity contribution in [1.29, 1.82) is 0 Å². The van der Waals surface area contributed by atoms with Crippen LogP contribution in [0, 0.1) is 50.2 Å². The third-order valence-corrected chi connectivity index (χ3v) is 29.3. The third kappa shape index (κ3) is 17.4. The van der Waals surface area contributed by atoms with Gasteiger partial charge in [0.15, 0.2) is 43.8 Å². The van der Waals surface area contributed by atoms with Gasteiger partial charge in [0.05, 0.1) is 75.7 Å². The minimum atomic E-state index is -2.26. The molecular formula is C80H128O40. The van der Waals surface area contributed by atoms with Gasteiger partial charge < -0.3 is 189 Å². The van der Waals surface area contributed by atoms with Crippen molar-refractivity contribution in [3.8, 4) is 0 Å². The molecule has 40 heteroatoms. The van der Waals surface area contributed by atoms with Gasteiger partial charge in [0, 0.05) is 11.8 Å². The molecule has 0 aromatic carbocycles. The van der Waals surface area contributed by atoms with Gasteiger partial charge in [-0.2, -0.15) is 0 Å². The number of rotatable bonds is 26. The number of hydrogen-bond donors (Lipinski definition) is 23. The highest BCUT2D eigenvalue weighted by atomic mass is 16.8. The Bertz CT molecular complexity index is 3530. The quantitative estimate of drug-likeness (QED) is 0.0166. The van der Waals surface area contributed by atoms with E-state index in [0.717, 1.165) is 5.57 Å². The SMILES string of the molecule is C=CC(C)(O)CC/C=C(\CO)C(=O)OC1C[C@]2(C(=O)O[C@@H]3O[C@H](CO)[C@@H](O)[C@H](O)[C@H]3O[C@@H]3O[C@@H](C)[C@H](O[C@@H]4O[C@@H](CO)[C@H](O)[C@H]4O)[C@@H](O[C@@H]4O[C@H](CO)[C@@H](O)[C@H](O)[C@H]4O)[C@H]3O)[C@H](O)C[C@]3(C)C(=CC[C@@H]4[C@@]5(C)CC[C@H](O[C@@H]6O[C@H](CO[C@@H]7OC[C@H](O)[C@H](O)[C@H]7O)[C@@H](O)[C@H](O)[C@H]6O[C@@H]6O[C@H](CO)[C@@H](O)[C@H](O)[C@H]6O)C(C)(C)[C@@H]5CC[C@]43C)[C@@H]2CC1(C)C. The summed E-state index contributed by atoms with van der Waals surface area (Å²) in [5, 5.41) is 255. The van der Waals surface area contributed by atoms with Crippen molar-refractivity contribution in [3.63, 3.8) is 0 Å². The minimum absolute atomic E-state index is 0.00807. The molecule has 0 aromatic rings. The zero-order valence-corrected chi connectivity index (χ0v) is 68.7. The smallest absolute Gasteiger partial charge is 0.336 e. The van der Waals surface area contributed by atoms with Crippen LogP contribution in [0.1, 0.15) is 127 Å². The van der Waals surface area contributed by atoms with E-state index in [1.54, 1.807) is 0 Å². The first-order valence-corrected chi connectivity index (χ1v) is 41.5. The molecule has 120 heavy (non-hydrogen) atoms. The fourth-order valence-electron chi connectivity index (χ4n) is 21.6.